The molecule has 1 heterocycles. The summed E-state index contributed by atoms with van der Waals surface area (Å²) >= 11 is 9.52. The van der Waals surface area contributed by atoms with Gasteiger partial charge >= 0.3 is 0 Å². The number of fused-ring (bicyclic) bond motifs is 1. The molecule has 0 saturated heterocycles. The zero-order chi connectivity index (χ0) is 14.8. The van der Waals surface area contributed by atoms with E-state index in [9.17, 15) is 5.11 Å². The van der Waals surface area contributed by atoms with E-state index in [2.05, 4.69) is 20.9 Å². The van der Waals surface area contributed by atoms with E-state index >= 15 is 0 Å². The molecule has 0 radical (unpaired) electrons. The van der Waals surface area contributed by atoms with Crippen LogP contribution in [0.15, 0.2) is 53.1 Å². The largest absolute Gasteiger partial charge is 0.438 e. The maximum Gasteiger partial charge on any atom is 0.224 e. The average molecular weight is 365 g/mol. The zero-order valence-electron chi connectivity index (χ0n) is 10.9. The van der Waals surface area contributed by atoms with Crippen molar-refractivity contribution < 1.29 is 9.84 Å². The molecular formula is C16H11BrClNO2. The first-order valence-electron chi connectivity index (χ1n) is 6.29. The van der Waals surface area contributed by atoms with Gasteiger partial charge in [0.15, 0.2) is 0 Å². The molecule has 0 aliphatic carbocycles. The van der Waals surface area contributed by atoms with Crippen molar-refractivity contribution >= 4 is 38.3 Å². The number of ether oxygens (including phenoxy) is 1. The first kappa shape index (κ1) is 14.3. The Bertz CT molecular complexity index is 807. The summed E-state index contributed by atoms with van der Waals surface area (Å²) < 4.78 is 6.66. The van der Waals surface area contributed by atoms with Crippen LogP contribution in [-0.4, -0.2) is 10.1 Å². The predicted molar refractivity (Wildman–Crippen MR) is 86.9 cm³/mol. The van der Waals surface area contributed by atoms with Crippen LogP contribution in [0, 0.1) is 0 Å². The van der Waals surface area contributed by atoms with E-state index in [1.807, 2.05) is 24.3 Å². The Hall–Kier alpha value is -1.62. The second-order valence-corrected chi connectivity index (χ2v) is 5.79. The summed E-state index contributed by atoms with van der Waals surface area (Å²) in [5.74, 6) is 1.03. The molecule has 0 aliphatic heterocycles. The normalized spacial score (nSPS) is 10.8. The Labute approximate surface area is 135 Å². The molecule has 106 valence electrons. The van der Waals surface area contributed by atoms with E-state index < -0.39 is 0 Å². The zero-order valence-corrected chi connectivity index (χ0v) is 13.2. The van der Waals surface area contributed by atoms with Crippen LogP contribution in [-0.2, 0) is 6.61 Å². The van der Waals surface area contributed by atoms with Crippen molar-refractivity contribution in [2.24, 2.45) is 0 Å². The summed E-state index contributed by atoms with van der Waals surface area (Å²) in [6.45, 7) is -0.146. The van der Waals surface area contributed by atoms with Gasteiger partial charge in [-0.05, 0) is 34.1 Å². The van der Waals surface area contributed by atoms with Gasteiger partial charge in [0.1, 0.15) is 5.75 Å². The number of hydrogen-bond acceptors (Lipinski definition) is 3. The first-order chi connectivity index (χ1) is 10.2. The topological polar surface area (TPSA) is 42.4 Å². The van der Waals surface area contributed by atoms with Crippen molar-refractivity contribution in [3.05, 3.63) is 63.7 Å². The average Bonchev–Trinajstić information content (AvgIpc) is 2.52. The lowest BCUT2D eigenvalue weighted by Gasteiger charge is -2.11. The summed E-state index contributed by atoms with van der Waals surface area (Å²) in [5, 5.41) is 11.9. The van der Waals surface area contributed by atoms with Crippen LogP contribution in [0.5, 0.6) is 11.6 Å². The highest BCUT2D eigenvalue weighted by Crippen LogP contribution is 2.34. The molecule has 1 aromatic heterocycles. The molecule has 0 aliphatic rings. The summed E-state index contributed by atoms with van der Waals surface area (Å²) in [5.41, 5.74) is 0.614. The number of aliphatic hydroxyl groups excluding tert-OH is 1. The fourth-order valence-corrected chi connectivity index (χ4v) is 2.71. The van der Waals surface area contributed by atoms with Crippen LogP contribution in [0.2, 0.25) is 5.02 Å². The number of hydrogen-bond donors (Lipinski definition) is 1. The van der Waals surface area contributed by atoms with E-state index in [4.69, 9.17) is 16.3 Å². The van der Waals surface area contributed by atoms with Gasteiger partial charge in [-0.2, -0.15) is 0 Å². The van der Waals surface area contributed by atoms with Gasteiger partial charge in [0.05, 0.1) is 6.61 Å². The predicted octanol–water partition coefficient (Wildman–Crippen LogP) is 4.94. The van der Waals surface area contributed by atoms with Crippen LogP contribution in [0.1, 0.15) is 5.56 Å². The van der Waals surface area contributed by atoms with Gasteiger partial charge in [-0.25, -0.2) is 4.98 Å². The van der Waals surface area contributed by atoms with Crippen molar-refractivity contribution in [3.8, 4) is 11.6 Å². The Kier molecular flexibility index (Phi) is 4.10. The van der Waals surface area contributed by atoms with Gasteiger partial charge in [0.2, 0.25) is 5.88 Å². The molecule has 0 spiro atoms. The van der Waals surface area contributed by atoms with Crippen LogP contribution < -0.4 is 4.74 Å². The highest BCUT2D eigenvalue weighted by atomic mass is 79.9. The second-order valence-electron chi connectivity index (χ2n) is 4.47. The van der Waals surface area contributed by atoms with Crippen LogP contribution in [0.25, 0.3) is 10.8 Å². The van der Waals surface area contributed by atoms with Crippen molar-refractivity contribution in [2.45, 2.75) is 6.61 Å². The third-order valence-electron chi connectivity index (χ3n) is 3.10. The van der Waals surface area contributed by atoms with E-state index in [0.29, 0.717) is 22.2 Å². The van der Waals surface area contributed by atoms with Gasteiger partial charge in [0.25, 0.3) is 0 Å². The standard InChI is InChI=1S/C16H11BrClNO2/c17-11-7-10(9-20)16(19-8-11)21-15-6-5-14(18)12-3-1-2-4-13(12)15/h1-8,20H,9H2. The number of nitrogens with zero attached hydrogens (tertiary/aromatic N) is 1. The fourth-order valence-electron chi connectivity index (χ4n) is 2.10. The van der Waals surface area contributed by atoms with E-state index in [-0.39, 0.29) is 6.61 Å². The lowest BCUT2D eigenvalue weighted by atomic mass is 10.1. The lowest BCUT2D eigenvalue weighted by molar-refractivity contribution is 0.275. The van der Waals surface area contributed by atoms with E-state index in [1.165, 1.54) is 0 Å². The highest BCUT2D eigenvalue weighted by molar-refractivity contribution is 9.10. The van der Waals surface area contributed by atoms with Crippen LogP contribution in [0.3, 0.4) is 0 Å². The van der Waals surface area contributed by atoms with Gasteiger partial charge in [0, 0.05) is 32.0 Å². The third-order valence-corrected chi connectivity index (χ3v) is 3.86. The van der Waals surface area contributed by atoms with Crippen molar-refractivity contribution in [1.29, 1.82) is 0 Å². The summed E-state index contributed by atoms with van der Waals surface area (Å²) in [6.07, 6.45) is 1.63. The summed E-state index contributed by atoms with van der Waals surface area (Å²) in [4.78, 5) is 4.21. The minimum atomic E-state index is -0.146. The molecule has 3 rings (SSSR count). The Morgan fingerprint density at radius 3 is 2.67 bits per heavy atom. The molecule has 0 atom stereocenters. The Morgan fingerprint density at radius 1 is 1.14 bits per heavy atom. The van der Waals surface area contributed by atoms with Gasteiger partial charge in [-0.15, -0.1) is 0 Å². The Morgan fingerprint density at radius 2 is 1.90 bits per heavy atom. The van der Waals surface area contributed by atoms with Crippen LogP contribution in [0.4, 0.5) is 0 Å². The molecule has 0 saturated carbocycles. The number of pyridine rings is 1. The monoisotopic (exact) mass is 363 g/mol. The highest BCUT2D eigenvalue weighted by Gasteiger charge is 2.10. The quantitative estimate of drug-likeness (QED) is 0.716. The maximum absolute atomic E-state index is 9.42. The maximum atomic E-state index is 9.42. The summed E-state index contributed by atoms with van der Waals surface area (Å²) in [7, 11) is 0. The SMILES string of the molecule is OCc1cc(Br)cnc1Oc1ccc(Cl)c2ccccc12. The number of aliphatic hydroxyl groups is 1. The number of rotatable bonds is 3. The molecule has 0 amide bonds. The molecule has 5 heteroatoms. The Balaban J connectivity index is 2.09. The lowest BCUT2D eigenvalue weighted by Crippen LogP contribution is -1.95. The van der Waals surface area contributed by atoms with Crippen LogP contribution >= 0.6 is 27.5 Å². The second kappa shape index (κ2) is 6.02. The smallest absolute Gasteiger partial charge is 0.224 e. The molecule has 1 N–H and O–H groups in total. The molecule has 21 heavy (non-hydrogen) atoms. The van der Waals surface area contributed by atoms with E-state index in [0.717, 1.165) is 15.2 Å². The number of benzene rings is 2. The molecule has 0 fully saturated rings. The third kappa shape index (κ3) is 2.88. The molecule has 0 bridgehead atoms. The molecular weight excluding hydrogens is 354 g/mol. The van der Waals surface area contributed by atoms with Gasteiger partial charge < -0.3 is 9.84 Å². The summed E-state index contributed by atoms with van der Waals surface area (Å²) in [6, 6.07) is 13.1. The number of halogens is 2. The van der Waals surface area contributed by atoms with Crippen molar-refractivity contribution in [2.75, 3.05) is 0 Å². The van der Waals surface area contributed by atoms with E-state index in [1.54, 1.807) is 24.4 Å². The minimum absolute atomic E-state index is 0.146. The minimum Gasteiger partial charge on any atom is -0.438 e. The van der Waals surface area contributed by atoms with Gasteiger partial charge in [-0.3, -0.25) is 0 Å². The molecule has 3 aromatic rings. The van der Waals surface area contributed by atoms with Gasteiger partial charge in [-0.1, -0.05) is 35.9 Å². The molecule has 2 aromatic carbocycles. The first-order valence-corrected chi connectivity index (χ1v) is 7.46. The van der Waals surface area contributed by atoms with Crippen molar-refractivity contribution in [1.82, 2.24) is 4.98 Å². The fraction of sp³-hybridized carbons (Fsp3) is 0.0625. The number of aromatic nitrogens is 1. The van der Waals surface area contributed by atoms with Crippen molar-refractivity contribution in [3.63, 3.8) is 0 Å². The molecule has 3 nitrogen and oxygen atoms in total. The molecule has 0 unspecified atom stereocenters.